The third-order valence-electron chi connectivity index (χ3n) is 6.26. The topological polar surface area (TPSA) is 52.6 Å². The lowest BCUT2D eigenvalue weighted by Gasteiger charge is -2.47. The largest absolute Gasteiger partial charge is 0.350 e. The van der Waals surface area contributed by atoms with Crippen LogP contribution in [-0.4, -0.2) is 17.9 Å². The van der Waals surface area contributed by atoms with Crippen LogP contribution in [0, 0.1) is 0 Å². The fourth-order valence-corrected chi connectivity index (χ4v) is 5.11. The van der Waals surface area contributed by atoms with E-state index >= 15 is 0 Å². The van der Waals surface area contributed by atoms with E-state index in [1.54, 1.807) is 18.4 Å². The molecular weight excluding hydrogens is 432 g/mol. The molecular formula is C27H26N2O3S. The van der Waals surface area contributed by atoms with Crippen molar-refractivity contribution in [1.82, 2.24) is 4.98 Å². The Bertz CT molecular complexity index is 1140. The lowest BCUT2D eigenvalue weighted by molar-refractivity contribution is -0.487. The Morgan fingerprint density at radius 2 is 1.45 bits per heavy atom. The number of nitrogens with zero attached hydrogens (tertiary/aromatic N) is 1. The summed E-state index contributed by atoms with van der Waals surface area (Å²) in [5.74, 6) is -1.15. The van der Waals surface area contributed by atoms with E-state index in [0.717, 1.165) is 27.6 Å². The Hall–Kier alpha value is -3.03. The van der Waals surface area contributed by atoms with Gasteiger partial charge in [-0.15, -0.1) is 11.3 Å². The fraction of sp³-hybridized carbons (Fsp3) is 0.222. The first-order valence-electron chi connectivity index (χ1n) is 10.9. The molecule has 0 spiro atoms. The van der Waals surface area contributed by atoms with E-state index in [-0.39, 0.29) is 5.92 Å². The molecule has 1 aliphatic rings. The van der Waals surface area contributed by atoms with Gasteiger partial charge in [-0.2, -0.15) is 4.89 Å². The third kappa shape index (κ3) is 4.18. The summed E-state index contributed by atoms with van der Waals surface area (Å²) in [4.78, 5) is 17.2. The Labute approximate surface area is 197 Å². The molecule has 1 aromatic heterocycles. The molecule has 1 fully saturated rings. The Morgan fingerprint density at radius 1 is 0.879 bits per heavy atom. The molecule has 0 amide bonds. The summed E-state index contributed by atoms with van der Waals surface area (Å²) in [6.45, 7) is 1.90. The summed E-state index contributed by atoms with van der Waals surface area (Å²) in [7, 11) is 1.64. The molecule has 4 aromatic rings. The molecule has 0 saturated carbocycles. The predicted octanol–water partition coefficient (Wildman–Crippen LogP) is 6.63. The molecule has 0 aliphatic carbocycles. The second kappa shape index (κ2) is 9.08. The van der Waals surface area contributed by atoms with Crippen LogP contribution in [0.1, 0.15) is 36.1 Å². The molecule has 3 aromatic carbocycles. The van der Waals surface area contributed by atoms with Gasteiger partial charge < -0.3 is 10.1 Å². The molecule has 1 saturated heterocycles. The summed E-state index contributed by atoms with van der Waals surface area (Å²) in [5.41, 5.74) is 3.16. The zero-order valence-electron chi connectivity index (χ0n) is 18.6. The van der Waals surface area contributed by atoms with Gasteiger partial charge in [0.1, 0.15) is 0 Å². The summed E-state index contributed by atoms with van der Waals surface area (Å²) >= 11 is 1.57. The number of hydrogen-bond acceptors (Lipinski definition) is 6. The Balaban J connectivity index is 1.54. The van der Waals surface area contributed by atoms with Crippen LogP contribution in [0.25, 0.3) is 0 Å². The molecule has 1 aliphatic heterocycles. The standard InChI is InChI=1S/C27H26N2O3S/c1-26(30-2)23(24-19-33-25(29-24)28-22-16-10-5-11-17-22)18-27(32-31-26,20-12-6-3-7-13-20)21-14-8-4-9-15-21/h3-17,19,23H,18H2,1-2H3,(H,28,29). The molecule has 168 valence electrons. The zero-order chi connectivity index (χ0) is 22.7. The maximum Gasteiger partial charge on any atom is 0.207 e. The van der Waals surface area contributed by atoms with E-state index in [4.69, 9.17) is 19.5 Å². The summed E-state index contributed by atoms with van der Waals surface area (Å²) < 4.78 is 5.84. The second-order valence-corrected chi connectivity index (χ2v) is 9.13. The molecule has 0 bridgehead atoms. The van der Waals surface area contributed by atoms with Crippen LogP contribution in [0.2, 0.25) is 0 Å². The van der Waals surface area contributed by atoms with Crippen molar-refractivity contribution in [1.29, 1.82) is 0 Å². The van der Waals surface area contributed by atoms with Crippen LogP contribution in [0.5, 0.6) is 0 Å². The van der Waals surface area contributed by atoms with Gasteiger partial charge in [0.15, 0.2) is 10.7 Å². The number of thiazole rings is 1. The molecule has 0 radical (unpaired) electrons. The Kier molecular flexibility index (Phi) is 6.00. The summed E-state index contributed by atoms with van der Waals surface area (Å²) in [6.07, 6.45) is 0.611. The monoisotopic (exact) mass is 458 g/mol. The second-order valence-electron chi connectivity index (χ2n) is 8.27. The van der Waals surface area contributed by atoms with Gasteiger partial charge >= 0.3 is 0 Å². The number of benzene rings is 3. The highest BCUT2D eigenvalue weighted by Crippen LogP contribution is 2.51. The van der Waals surface area contributed by atoms with E-state index in [2.05, 4.69) is 35.0 Å². The Morgan fingerprint density at radius 3 is 2.03 bits per heavy atom. The number of para-hydroxylation sites is 1. The minimum Gasteiger partial charge on any atom is -0.350 e. The highest BCUT2D eigenvalue weighted by molar-refractivity contribution is 7.13. The highest BCUT2D eigenvalue weighted by Gasteiger charge is 2.53. The molecule has 33 heavy (non-hydrogen) atoms. The zero-order valence-corrected chi connectivity index (χ0v) is 19.4. The highest BCUT2D eigenvalue weighted by atomic mass is 32.1. The van der Waals surface area contributed by atoms with Crippen molar-refractivity contribution < 1.29 is 14.5 Å². The van der Waals surface area contributed by atoms with E-state index in [1.165, 1.54) is 0 Å². The van der Waals surface area contributed by atoms with Gasteiger partial charge in [0, 0.05) is 24.6 Å². The lowest BCUT2D eigenvalue weighted by atomic mass is 9.75. The smallest absolute Gasteiger partial charge is 0.207 e. The van der Waals surface area contributed by atoms with Gasteiger partial charge in [0.2, 0.25) is 5.79 Å². The number of hydrogen-bond donors (Lipinski definition) is 1. The molecule has 6 heteroatoms. The lowest BCUT2D eigenvalue weighted by Crippen LogP contribution is -2.50. The van der Waals surface area contributed by atoms with Crippen LogP contribution in [0.4, 0.5) is 10.8 Å². The molecule has 2 heterocycles. The molecule has 1 N–H and O–H groups in total. The van der Waals surface area contributed by atoms with Crippen molar-refractivity contribution in [2.24, 2.45) is 0 Å². The number of nitrogens with one attached hydrogen (secondary N) is 1. The molecule has 2 unspecified atom stereocenters. The summed E-state index contributed by atoms with van der Waals surface area (Å²) in [5, 5.41) is 6.28. The van der Waals surface area contributed by atoms with Gasteiger partial charge in [-0.3, -0.25) is 0 Å². The number of anilines is 2. The van der Waals surface area contributed by atoms with E-state index in [9.17, 15) is 0 Å². The van der Waals surface area contributed by atoms with E-state index in [1.807, 2.05) is 73.7 Å². The maximum atomic E-state index is 6.23. The minimum absolute atomic E-state index is 0.167. The first kappa shape index (κ1) is 21.8. The van der Waals surface area contributed by atoms with Crippen LogP contribution in [0.15, 0.2) is 96.4 Å². The quantitative estimate of drug-likeness (QED) is 0.329. The van der Waals surface area contributed by atoms with Crippen molar-refractivity contribution in [3.05, 3.63) is 113 Å². The first-order chi connectivity index (χ1) is 16.1. The molecule has 5 rings (SSSR count). The van der Waals surface area contributed by atoms with E-state index in [0.29, 0.717) is 6.42 Å². The van der Waals surface area contributed by atoms with E-state index < -0.39 is 11.4 Å². The van der Waals surface area contributed by atoms with Gasteiger partial charge in [0.25, 0.3) is 0 Å². The van der Waals surface area contributed by atoms with Crippen LogP contribution in [-0.2, 0) is 20.1 Å². The van der Waals surface area contributed by atoms with Crippen molar-refractivity contribution in [3.8, 4) is 0 Å². The average Bonchev–Trinajstić information content (AvgIpc) is 3.34. The van der Waals surface area contributed by atoms with Crippen LogP contribution < -0.4 is 5.32 Å². The number of methoxy groups -OCH3 is 1. The minimum atomic E-state index is -0.981. The summed E-state index contributed by atoms with van der Waals surface area (Å²) in [6, 6.07) is 30.4. The van der Waals surface area contributed by atoms with Gasteiger partial charge in [-0.25, -0.2) is 9.87 Å². The maximum absolute atomic E-state index is 6.23. The van der Waals surface area contributed by atoms with Crippen molar-refractivity contribution in [3.63, 3.8) is 0 Å². The number of aromatic nitrogens is 1. The molecule has 5 nitrogen and oxygen atoms in total. The van der Waals surface area contributed by atoms with Crippen molar-refractivity contribution in [2.45, 2.75) is 30.7 Å². The van der Waals surface area contributed by atoms with Gasteiger partial charge in [-0.1, -0.05) is 78.9 Å². The first-order valence-corrected chi connectivity index (χ1v) is 11.8. The van der Waals surface area contributed by atoms with Crippen molar-refractivity contribution in [2.75, 3.05) is 12.4 Å². The molecule has 2 atom stereocenters. The number of rotatable bonds is 6. The average molecular weight is 459 g/mol. The third-order valence-corrected chi connectivity index (χ3v) is 7.04. The normalized spacial score (nSPS) is 22.1. The fourth-order valence-electron chi connectivity index (χ4n) is 4.33. The SMILES string of the molecule is COC1(C)OOC(c2ccccc2)(c2ccccc2)CC1c1csc(Nc2ccccc2)n1. The van der Waals surface area contributed by atoms with Crippen LogP contribution >= 0.6 is 11.3 Å². The van der Waals surface area contributed by atoms with Crippen molar-refractivity contribution >= 4 is 22.2 Å². The van der Waals surface area contributed by atoms with Gasteiger partial charge in [-0.05, 0) is 30.2 Å². The predicted molar refractivity (Wildman–Crippen MR) is 130 cm³/mol. The van der Waals surface area contributed by atoms with Gasteiger partial charge in [0.05, 0.1) is 11.6 Å². The van der Waals surface area contributed by atoms with Crippen LogP contribution in [0.3, 0.4) is 0 Å². The number of ether oxygens (including phenoxy) is 1.